The zero-order valence-electron chi connectivity index (χ0n) is 14.5. The molecule has 2 aromatic heterocycles. The highest BCUT2D eigenvalue weighted by molar-refractivity contribution is 6.33. The Labute approximate surface area is 157 Å². The highest BCUT2D eigenvalue weighted by Crippen LogP contribution is 2.33. The summed E-state index contributed by atoms with van der Waals surface area (Å²) in [5, 5.41) is 10.3. The minimum Gasteiger partial charge on any atom is -0.383 e. The minimum atomic E-state index is -4.58. The van der Waals surface area contributed by atoms with Crippen LogP contribution < -0.4 is 10.6 Å². The van der Waals surface area contributed by atoms with Gasteiger partial charge in [-0.1, -0.05) is 11.6 Å². The lowest BCUT2D eigenvalue weighted by Crippen LogP contribution is -2.32. The van der Waals surface area contributed by atoms with Crippen LogP contribution in [0.3, 0.4) is 0 Å². The van der Waals surface area contributed by atoms with Crippen molar-refractivity contribution in [2.45, 2.75) is 6.18 Å². The normalized spacial score (nSPS) is 11.5. The molecular weight excluding hydrogens is 385 g/mol. The first kappa shape index (κ1) is 20.3. The van der Waals surface area contributed by atoms with Gasteiger partial charge < -0.3 is 4.90 Å². The monoisotopic (exact) mass is 398 g/mol. The number of nitriles is 1. The zero-order chi connectivity index (χ0) is 20.4. The molecule has 0 saturated heterocycles. The SMILES string of the molecule is CN(C)C=Cc1c(C#N)c(=O)ncn1N(C)c1ncc(C(F)(F)F)cc1Cl. The summed E-state index contributed by atoms with van der Waals surface area (Å²) in [6.07, 6.45) is 0.292. The second-order valence-corrected chi connectivity index (χ2v) is 6.00. The van der Waals surface area contributed by atoms with Crippen molar-refractivity contribution in [3.63, 3.8) is 0 Å². The van der Waals surface area contributed by atoms with Gasteiger partial charge >= 0.3 is 6.18 Å². The van der Waals surface area contributed by atoms with Crippen molar-refractivity contribution in [2.24, 2.45) is 0 Å². The lowest BCUT2D eigenvalue weighted by molar-refractivity contribution is -0.137. The molecule has 0 aromatic carbocycles. The van der Waals surface area contributed by atoms with Gasteiger partial charge in [-0.25, -0.2) is 9.66 Å². The highest BCUT2D eigenvalue weighted by atomic mass is 35.5. The number of pyridine rings is 1. The smallest absolute Gasteiger partial charge is 0.383 e. The molecule has 7 nitrogen and oxygen atoms in total. The van der Waals surface area contributed by atoms with Crippen LogP contribution in [0.1, 0.15) is 16.8 Å². The van der Waals surface area contributed by atoms with Gasteiger partial charge in [-0.15, -0.1) is 0 Å². The predicted molar refractivity (Wildman–Crippen MR) is 94.0 cm³/mol. The Morgan fingerprint density at radius 1 is 1.30 bits per heavy atom. The number of alkyl halides is 3. The molecule has 0 aliphatic heterocycles. The van der Waals surface area contributed by atoms with Gasteiger partial charge in [0.2, 0.25) is 0 Å². The van der Waals surface area contributed by atoms with Crippen molar-refractivity contribution in [3.05, 3.63) is 57.0 Å². The van der Waals surface area contributed by atoms with Crippen LogP contribution in [0, 0.1) is 11.3 Å². The molecule has 27 heavy (non-hydrogen) atoms. The molecule has 0 fully saturated rings. The zero-order valence-corrected chi connectivity index (χ0v) is 15.2. The number of halogens is 4. The quantitative estimate of drug-likeness (QED) is 0.787. The van der Waals surface area contributed by atoms with Crippen molar-refractivity contribution >= 4 is 23.5 Å². The maximum absolute atomic E-state index is 12.8. The molecule has 0 spiro atoms. The van der Waals surface area contributed by atoms with Gasteiger partial charge in [0.05, 0.1) is 16.3 Å². The van der Waals surface area contributed by atoms with Crippen LogP contribution in [0.5, 0.6) is 0 Å². The lowest BCUT2D eigenvalue weighted by Gasteiger charge is -2.25. The topological polar surface area (TPSA) is 78.0 Å². The molecule has 11 heteroatoms. The van der Waals surface area contributed by atoms with E-state index in [1.807, 2.05) is 0 Å². The molecule has 0 radical (unpaired) electrons. The fraction of sp³-hybridized carbons (Fsp3) is 0.250. The van der Waals surface area contributed by atoms with Gasteiger partial charge in [0.1, 0.15) is 18.0 Å². The second-order valence-electron chi connectivity index (χ2n) is 5.60. The summed E-state index contributed by atoms with van der Waals surface area (Å²) in [6, 6.07) is 2.53. The number of rotatable bonds is 4. The largest absolute Gasteiger partial charge is 0.417 e. The Kier molecular flexibility index (Phi) is 5.75. The van der Waals surface area contributed by atoms with Crippen LogP contribution in [-0.4, -0.2) is 40.7 Å². The van der Waals surface area contributed by atoms with E-state index in [2.05, 4.69) is 9.97 Å². The maximum atomic E-state index is 12.8. The molecule has 0 amide bonds. The third-order valence-corrected chi connectivity index (χ3v) is 3.70. The molecule has 0 bridgehead atoms. The summed E-state index contributed by atoms with van der Waals surface area (Å²) >= 11 is 5.97. The first-order chi connectivity index (χ1) is 12.6. The maximum Gasteiger partial charge on any atom is 0.417 e. The van der Waals surface area contributed by atoms with Gasteiger partial charge in [0, 0.05) is 33.5 Å². The van der Waals surface area contributed by atoms with Crippen molar-refractivity contribution in [2.75, 3.05) is 26.2 Å². The molecule has 0 saturated carbocycles. The standard InChI is InChI=1S/C16H14ClF3N6O/c1-24(2)5-4-13-11(7-21)15(27)23-9-26(13)25(3)14-12(17)6-10(8-22-14)16(18,19)20/h4-6,8-9H,1-3H3. The average Bonchev–Trinajstić information content (AvgIpc) is 2.58. The van der Waals surface area contributed by atoms with E-state index in [1.54, 1.807) is 31.3 Å². The summed E-state index contributed by atoms with van der Waals surface area (Å²) in [6.45, 7) is 0. The van der Waals surface area contributed by atoms with Crippen LogP contribution >= 0.6 is 11.6 Å². The fourth-order valence-electron chi connectivity index (χ4n) is 2.11. The van der Waals surface area contributed by atoms with Crippen molar-refractivity contribution in [1.82, 2.24) is 19.5 Å². The van der Waals surface area contributed by atoms with Crippen molar-refractivity contribution in [1.29, 1.82) is 5.26 Å². The Balaban J connectivity index is 2.61. The van der Waals surface area contributed by atoms with Gasteiger partial charge in [-0.05, 0) is 12.1 Å². The number of anilines is 1. The highest BCUT2D eigenvalue weighted by Gasteiger charge is 2.32. The van der Waals surface area contributed by atoms with Crippen LogP contribution in [-0.2, 0) is 6.18 Å². The van der Waals surface area contributed by atoms with Gasteiger partial charge in [-0.3, -0.25) is 9.80 Å². The number of aromatic nitrogens is 3. The molecular formula is C16H14ClF3N6O. The van der Waals surface area contributed by atoms with Gasteiger partial charge in [0.25, 0.3) is 5.56 Å². The van der Waals surface area contributed by atoms with E-state index in [-0.39, 0.29) is 22.1 Å². The third-order valence-electron chi connectivity index (χ3n) is 3.42. The van der Waals surface area contributed by atoms with Crippen LogP contribution in [0.2, 0.25) is 5.02 Å². The van der Waals surface area contributed by atoms with E-state index in [0.717, 1.165) is 12.4 Å². The molecule has 142 valence electrons. The molecule has 0 atom stereocenters. The Hall–Kier alpha value is -3.06. The fourth-order valence-corrected chi connectivity index (χ4v) is 2.40. The number of hydrogen-bond acceptors (Lipinski definition) is 6. The van der Waals surface area contributed by atoms with E-state index in [0.29, 0.717) is 6.20 Å². The summed E-state index contributed by atoms with van der Waals surface area (Å²) in [5.74, 6) is -0.0153. The first-order valence-corrected chi connectivity index (χ1v) is 7.77. The third kappa shape index (κ3) is 4.38. The Morgan fingerprint density at radius 3 is 2.48 bits per heavy atom. The molecule has 2 aromatic rings. The molecule has 0 aliphatic carbocycles. The van der Waals surface area contributed by atoms with Gasteiger partial charge in [0.15, 0.2) is 5.82 Å². The first-order valence-electron chi connectivity index (χ1n) is 7.39. The van der Waals surface area contributed by atoms with E-state index in [1.165, 1.54) is 22.8 Å². The summed E-state index contributed by atoms with van der Waals surface area (Å²) in [7, 11) is 4.94. The minimum absolute atomic E-state index is 0.0153. The summed E-state index contributed by atoms with van der Waals surface area (Å²) < 4.78 is 39.7. The predicted octanol–water partition coefficient (Wildman–Crippen LogP) is 2.61. The van der Waals surface area contributed by atoms with Crippen LogP contribution in [0.15, 0.2) is 29.6 Å². The number of hydrogen-bond donors (Lipinski definition) is 0. The van der Waals surface area contributed by atoms with E-state index < -0.39 is 17.3 Å². The second kappa shape index (κ2) is 7.67. The molecule has 0 N–H and O–H groups in total. The molecule has 0 unspecified atom stereocenters. The van der Waals surface area contributed by atoms with Crippen molar-refractivity contribution < 1.29 is 13.2 Å². The van der Waals surface area contributed by atoms with E-state index in [9.17, 15) is 23.2 Å². The summed E-state index contributed by atoms with van der Waals surface area (Å²) in [5.41, 5.74) is -1.78. The Bertz CT molecular complexity index is 978. The van der Waals surface area contributed by atoms with Crippen LogP contribution in [0.4, 0.5) is 19.0 Å². The Morgan fingerprint density at radius 2 is 1.96 bits per heavy atom. The lowest BCUT2D eigenvalue weighted by atomic mass is 10.2. The van der Waals surface area contributed by atoms with Crippen LogP contribution in [0.25, 0.3) is 6.08 Å². The molecule has 0 aliphatic rings. The average molecular weight is 399 g/mol. The van der Waals surface area contributed by atoms with E-state index in [4.69, 9.17) is 11.6 Å². The molecule has 2 rings (SSSR count). The summed E-state index contributed by atoms with van der Waals surface area (Å²) in [4.78, 5) is 20.9. The van der Waals surface area contributed by atoms with Crippen molar-refractivity contribution in [3.8, 4) is 6.07 Å². The molecule has 2 heterocycles. The van der Waals surface area contributed by atoms with E-state index >= 15 is 0 Å². The number of nitrogens with zero attached hydrogens (tertiary/aromatic N) is 6. The van der Waals surface area contributed by atoms with Gasteiger partial charge in [-0.2, -0.15) is 23.4 Å².